The maximum Gasteiger partial charge on any atom is 0.261 e. The van der Waals surface area contributed by atoms with Crippen molar-refractivity contribution < 1.29 is 9.90 Å². The molecule has 0 bridgehead atoms. The molecule has 4 rings (SSSR count). The van der Waals surface area contributed by atoms with E-state index >= 15 is 0 Å². The Morgan fingerprint density at radius 3 is 2.50 bits per heavy atom. The van der Waals surface area contributed by atoms with Crippen molar-refractivity contribution in [1.29, 1.82) is 0 Å². The minimum Gasteiger partial charge on any atom is -0.393 e. The molecule has 0 radical (unpaired) electrons. The number of likely N-dealkylation sites (tertiary alicyclic amines) is 1. The van der Waals surface area contributed by atoms with Crippen LogP contribution in [0, 0.1) is 0 Å². The summed E-state index contributed by atoms with van der Waals surface area (Å²) in [4.78, 5) is 36.4. The molecule has 1 aliphatic heterocycles. The Bertz CT molecular complexity index is 1040. The Hall–Kier alpha value is -2.19. The fourth-order valence-corrected chi connectivity index (χ4v) is 5.38. The van der Waals surface area contributed by atoms with Gasteiger partial charge in [-0.3, -0.25) is 9.59 Å². The molecular formula is C25H38ClN5O3. The third-order valence-electron chi connectivity index (χ3n) is 7.34. The lowest BCUT2D eigenvalue weighted by atomic mass is 9.82. The van der Waals surface area contributed by atoms with E-state index in [0.29, 0.717) is 24.4 Å². The van der Waals surface area contributed by atoms with Crippen LogP contribution >= 0.6 is 12.4 Å². The van der Waals surface area contributed by atoms with Crippen LogP contribution in [-0.4, -0.2) is 55.7 Å². The number of anilines is 1. The highest BCUT2D eigenvalue weighted by Crippen LogP contribution is 2.36. The number of hydrogen-bond acceptors (Lipinski definition) is 6. The van der Waals surface area contributed by atoms with Gasteiger partial charge in [-0.05, 0) is 63.4 Å². The van der Waals surface area contributed by atoms with Crippen LogP contribution in [0.25, 0.3) is 10.9 Å². The fourth-order valence-electron chi connectivity index (χ4n) is 5.38. The molecule has 34 heavy (non-hydrogen) atoms. The van der Waals surface area contributed by atoms with Gasteiger partial charge in [0.15, 0.2) is 0 Å². The number of nitrogens with one attached hydrogen (secondary N) is 1. The van der Waals surface area contributed by atoms with Crippen LogP contribution in [0.3, 0.4) is 0 Å². The monoisotopic (exact) mass is 491 g/mol. The number of amides is 1. The number of rotatable bonds is 6. The average Bonchev–Trinajstić information content (AvgIpc) is 2.80. The first kappa shape index (κ1) is 26.4. The molecule has 1 aliphatic carbocycles. The Morgan fingerprint density at radius 2 is 1.88 bits per heavy atom. The van der Waals surface area contributed by atoms with Crippen molar-refractivity contribution >= 4 is 35.2 Å². The Morgan fingerprint density at radius 1 is 1.21 bits per heavy atom. The van der Waals surface area contributed by atoms with Gasteiger partial charge < -0.3 is 19.9 Å². The van der Waals surface area contributed by atoms with Gasteiger partial charge in [-0.2, -0.15) is 0 Å². The second-order valence-corrected chi connectivity index (χ2v) is 9.83. The van der Waals surface area contributed by atoms with Gasteiger partial charge in [0.1, 0.15) is 0 Å². The minimum absolute atomic E-state index is 0. The number of aliphatic hydroxyl groups excluding tert-OH is 1. The van der Waals surface area contributed by atoms with Gasteiger partial charge in [0.05, 0.1) is 17.0 Å². The number of nitrogens with zero attached hydrogens (tertiary/aromatic N) is 4. The minimum atomic E-state index is -0.240. The first-order valence-electron chi connectivity index (χ1n) is 12.5. The zero-order valence-electron chi connectivity index (χ0n) is 20.5. The lowest BCUT2D eigenvalue weighted by Crippen LogP contribution is -2.40. The first-order chi connectivity index (χ1) is 15.9. The summed E-state index contributed by atoms with van der Waals surface area (Å²) < 4.78 is 1.87. The molecule has 1 unspecified atom stereocenters. The van der Waals surface area contributed by atoms with E-state index in [4.69, 9.17) is 4.98 Å². The Labute approximate surface area is 207 Å². The predicted octanol–water partition coefficient (Wildman–Crippen LogP) is 4.02. The molecule has 2 aromatic rings. The number of carbonyl (C=O) groups is 1. The van der Waals surface area contributed by atoms with E-state index < -0.39 is 0 Å². The van der Waals surface area contributed by atoms with E-state index in [0.717, 1.165) is 62.4 Å². The van der Waals surface area contributed by atoms with Crippen LogP contribution in [-0.2, 0) is 4.79 Å². The zero-order valence-corrected chi connectivity index (χ0v) is 21.3. The van der Waals surface area contributed by atoms with E-state index in [1.165, 1.54) is 0 Å². The number of aliphatic hydroxyl groups is 1. The van der Waals surface area contributed by atoms with Crippen LogP contribution in [0.5, 0.6) is 0 Å². The summed E-state index contributed by atoms with van der Waals surface area (Å²) in [5.74, 6) is 0.912. The molecule has 9 heteroatoms. The van der Waals surface area contributed by atoms with Crippen molar-refractivity contribution in [3.63, 3.8) is 0 Å². The van der Waals surface area contributed by atoms with Crippen molar-refractivity contribution in [3.05, 3.63) is 28.3 Å². The third-order valence-corrected chi connectivity index (χ3v) is 7.34. The molecule has 0 spiro atoms. The highest BCUT2D eigenvalue weighted by atomic mass is 35.5. The largest absolute Gasteiger partial charge is 0.393 e. The topological polar surface area (TPSA) is 100 Å². The normalized spacial score (nSPS) is 22.3. The van der Waals surface area contributed by atoms with Gasteiger partial charge in [-0.25, -0.2) is 9.97 Å². The van der Waals surface area contributed by atoms with Crippen LogP contribution in [0.2, 0.25) is 0 Å². The summed E-state index contributed by atoms with van der Waals surface area (Å²) in [6, 6.07) is 0.320. The third kappa shape index (κ3) is 5.71. The lowest BCUT2D eigenvalue weighted by Gasteiger charge is -2.33. The molecule has 2 aliphatic rings. The van der Waals surface area contributed by atoms with E-state index in [9.17, 15) is 14.7 Å². The second-order valence-electron chi connectivity index (χ2n) is 9.83. The number of halogens is 1. The predicted molar refractivity (Wildman–Crippen MR) is 137 cm³/mol. The fraction of sp³-hybridized carbons (Fsp3) is 0.680. The maximum absolute atomic E-state index is 13.5. The van der Waals surface area contributed by atoms with Gasteiger partial charge in [0, 0.05) is 44.5 Å². The lowest BCUT2D eigenvalue weighted by molar-refractivity contribution is -0.130. The first-order valence-corrected chi connectivity index (χ1v) is 12.5. The zero-order chi connectivity index (χ0) is 23.5. The Kier molecular flexibility index (Phi) is 8.93. The number of fused-ring (bicyclic) bond motifs is 1. The summed E-state index contributed by atoms with van der Waals surface area (Å²) in [6.07, 6.45) is 10.4. The van der Waals surface area contributed by atoms with E-state index in [1.54, 1.807) is 13.1 Å². The standard InChI is InChI=1S/C25H37N5O3.ClH/c1-4-5-16(2)27-25-26-14-21-23(28-25)22(18-6-8-20(32)9-7-18)15-30(24(21)33)19-10-12-29(13-11-19)17(3)31;/h14-16,18-20,32H,4-13H2,1-3H3,(H,26,27,28);1H. The number of carbonyl (C=O) groups excluding carboxylic acids is 1. The summed E-state index contributed by atoms with van der Waals surface area (Å²) in [5, 5.41) is 14.0. The van der Waals surface area contributed by atoms with Crippen LogP contribution in [0.15, 0.2) is 17.2 Å². The summed E-state index contributed by atoms with van der Waals surface area (Å²) in [7, 11) is 0. The van der Waals surface area contributed by atoms with E-state index in [2.05, 4.69) is 24.1 Å². The molecule has 3 heterocycles. The van der Waals surface area contributed by atoms with Crippen molar-refractivity contribution in [2.45, 2.75) is 96.2 Å². The molecule has 8 nitrogen and oxygen atoms in total. The highest BCUT2D eigenvalue weighted by Gasteiger charge is 2.28. The number of pyridine rings is 1. The quantitative estimate of drug-likeness (QED) is 0.633. The van der Waals surface area contributed by atoms with Crippen molar-refractivity contribution in [3.8, 4) is 0 Å². The van der Waals surface area contributed by atoms with Gasteiger partial charge in [-0.1, -0.05) is 13.3 Å². The molecule has 188 valence electrons. The molecule has 2 N–H and O–H groups in total. The number of hydrogen-bond donors (Lipinski definition) is 2. The molecular weight excluding hydrogens is 454 g/mol. The van der Waals surface area contributed by atoms with Crippen LogP contribution in [0.1, 0.15) is 89.7 Å². The smallest absolute Gasteiger partial charge is 0.261 e. The molecule has 1 amide bonds. The van der Waals surface area contributed by atoms with Gasteiger partial charge >= 0.3 is 0 Å². The van der Waals surface area contributed by atoms with Gasteiger partial charge in [0.25, 0.3) is 5.56 Å². The molecule has 1 atom stereocenters. The molecule has 1 saturated heterocycles. The summed E-state index contributed by atoms with van der Waals surface area (Å²) >= 11 is 0. The van der Waals surface area contributed by atoms with E-state index in [1.807, 2.05) is 15.7 Å². The SMILES string of the molecule is CCCC(C)Nc1ncc2c(=O)n(C3CCN(C(C)=O)CC3)cc(C3CCC(O)CC3)c2n1.Cl. The van der Waals surface area contributed by atoms with Crippen LogP contribution in [0.4, 0.5) is 5.95 Å². The van der Waals surface area contributed by atoms with Gasteiger partial charge in [0.2, 0.25) is 11.9 Å². The van der Waals surface area contributed by atoms with Crippen molar-refractivity contribution in [1.82, 2.24) is 19.4 Å². The number of piperidine rings is 1. The molecule has 2 aromatic heterocycles. The number of aromatic nitrogens is 3. The molecule has 1 saturated carbocycles. The van der Waals surface area contributed by atoms with Crippen molar-refractivity contribution in [2.75, 3.05) is 18.4 Å². The highest BCUT2D eigenvalue weighted by molar-refractivity contribution is 5.85. The Balaban J connectivity index is 0.00000324. The van der Waals surface area contributed by atoms with Crippen LogP contribution < -0.4 is 10.9 Å². The second kappa shape index (κ2) is 11.5. The summed E-state index contributed by atoms with van der Waals surface area (Å²) in [5.41, 5.74) is 1.76. The molecule has 0 aromatic carbocycles. The molecule has 2 fully saturated rings. The van der Waals surface area contributed by atoms with Gasteiger partial charge in [-0.15, -0.1) is 12.4 Å². The summed E-state index contributed by atoms with van der Waals surface area (Å²) in [6.45, 7) is 7.21. The maximum atomic E-state index is 13.5. The van der Waals surface area contributed by atoms with Crippen molar-refractivity contribution in [2.24, 2.45) is 0 Å². The average molecular weight is 492 g/mol. The van der Waals surface area contributed by atoms with E-state index in [-0.39, 0.29) is 48.0 Å².